The maximum Gasteiger partial charge on any atom is 0.285 e. The largest absolute Gasteiger partial charge is 0.495 e. The van der Waals surface area contributed by atoms with Crippen molar-refractivity contribution < 1.29 is 17.9 Å². The van der Waals surface area contributed by atoms with E-state index < -0.39 is 15.9 Å². The second kappa shape index (κ2) is 5.74. The molecule has 110 valence electrons. The van der Waals surface area contributed by atoms with Crippen molar-refractivity contribution in [2.45, 2.75) is 32.1 Å². The summed E-state index contributed by atoms with van der Waals surface area (Å²) in [5.74, 6) is -0.0887. The predicted molar refractivity (Wildman–Crippen MR) is 72.1 cm³/mol. The SMILES string of the molecule is CCCS(=O)(=O)NC(=O)c1cc(OC)c(C2CC2)nn1. The van der Waals surface area contributed by atoms with Gasteiger partial charge in [-0.1, -0.05) is 6.92 Å². The molecule has 0 unspecified atom stereocenters. The highest BCUT2D eigenvalue weighted by molar-refractivity contribution is 7.90. The van der Waals surface area contributed by atoms with Gasteiger partial charge in [-0.15, -0.1) is 5.10 Å². The van der Waals surface area contributed by atoms with E-state index in [4.69, 9.17) is 4.74 Å². The smallest absolute Gasteiger partial charge is 0.285 e. The number of hydrogen-bond acceptors (Lipinski definition) is 6. The second-order valence-electron chi connectivity index (χ2n) is 4.71. The lowest BCUT2D eigenvalue weighted by atomic mass is 10.2. The minimum atomic E-state index is -3.62. The fraction of sp³-hybridized carbons (Fsp3) is 0.583. The van der Waals surface area contributed by atoms with Gasteiger partial charge < -0.3 is 4.74 Å². The number of carbonyl (C=O) groups is 1. The van der Waals surface area contributed by atoms with Crippen molar-refractivity contribution in [3.63, 3.8) is 0 Å². The first-order valence-corrected chi connectivity index (χ1v) is 8.08. The van der Waals surface area contributed by atoms with Crippen LogP contribution in [0.4, 0.5) is 0 Å². The topological polar surface area (TPSA) is 98.2 Å². The van der Waals surface area contributed by atoms with Crippen molar-refractivity contribution in [3.05, 3.63) is 17.5 Å². The van der Waals surface area contributed by atoms with Gasteiger partial charge in [0.25, 0.3) is 5.91 Å². The summed E-state index contributed by atoms with van der Waals surface area (Å²) >= 11 is 0. The third-order valence-corrected chi connectivity index (χ3v) is 4.37. The van der Waals surface area contributed by atoms with Gasteiger partial charge in [-0.3, -0.25) is 4.79 Å². The molecule has 1 N–H and O–H groups in total. The first kappa shape index (κ1) is 14.7. The Morgan fingerprint density at radius 2 is 2.15 bits per heavy atom. The molecule has 0 radical (unpaired) electrons. The van der Waals surface area contributed by atoms with Crippen LogP contribution in [0.5, 0.6) is 5.75 Å². The van der Waals surface area contributed by atoms with Gasteiger partial charge in [0, 0.05) is 12.0 Å². The van der Waals surface area contributed by atoms with Crippen LogP contribution in [0.15, 0.2) is 6.07 Å². The maximum atomic E-state index is 11.9. The zero-order chi connectivity index (χ0) is 14.8. The Bertz CT molecular complexity index is 611. The highest BCUT2D eigenvalue weighted by atomic mass is 32.2. The highest BCUT2D eigenvalue weighted by Gasteiger charge is 2.30. The summed E-state index contributed by atoms with van der Waals surface area (Å²) in [4.78, 5) is 11.9. The molecule has 1 heterocycles. The molecule has 1 saturated carbocycles. The molecule has 20 heavy (non-hydrogen) atoms. The molecule has 1 aromatic heterocycles. The number of carbonyl (C=O) groups excluding carboxylic acids is 1. The van der Waals surface area contributed by atoms with Crippen molar-refractivity contribution in [3.8, 4) is 5.75 Å². The van der Waals surface area contributed by atoms with Crippen molar-refractivity contribution in [1.29, 1.82) is 0 Å². The summed E-state index contributed by atoms with van der Waals surface area (Å²) in [5, 5.41) is 7.76. The summed E-state index contributed by atoms with van der Waals surface area (Å²) in [7, 11) is -2.14. The third kappa shape index (κ3) is 3.44. The third-order valence-electron chi connectivity index (χ3n) is 2.92. The van der Waals surface area contributed by atoms with E-state index in [2.05, 4.69) is 10.2 Å². The van der Waals surface area contributed by atoms with Gasteiger partial charge in [0.05, 0.1) is 12.9 Å². The Morgan fingerprint density at radius 1 is 1.45 bits per heavy atom. The minimum absolute atomic E-state index is 0.0640. The minimum Gasteiger partial charge on any atom is -0.495 e. The number of amides is 1. The van der Waals surface area contributed by atoms with Crippen LogP contribution in [0.3, 0.4) is 0 Å². The second-order valence-corrected chi connectivity index (χ2v) is 6.55. The number of methoxy groups -OCH3 is 1. The monoisotopic (exact) mass is 299 g/mol. The van der Waals surface area contributed by atoms with E-state index in [0.29, 0.717) is 18.1 Å². The standard InChI is InChI=1S/C12H17N3O4S/c1-3-6-20(17,18)15-12(16)9-7-10(19-2)11(14-13-9)8-4-5-8/h7-8H,3-6H2,1-2H3,(H,15,16). The molecule has 1 aromatic rings. The number of ether oxygens (including phenoxy) is 1. The van der Waals surface area contributed by atoms with E-state index >= 15 is 0 Å². The van der Waals surface area contributed by atoms with Gasteiger partial charge >= 0.3 is 0 Å². The summed E-state index contributed by atoms with van der Waals surface area (Å²) in [5.41, 5.74) is 0.659. The molecule has 0 aromatic carbocycles. The van der Waals surface area contributed by atoms with Crippen LogP contribution in [-0.4, -0.2) is 37.4 Å². The van der Waals surface area contributed by atoms with Gasteiger partial charge in [0.15, 0.2) is 5.69 Å². The number of aromatic nitrogens is 2. The van der Waals surface area contributed by atoms with E-state index in [1.165, 1.54) is 13.2 Å². The average Bonchev–Trinajstić information content (AvgIpc) is 3.21. The van der Waals surface area contributed by atoms with Crippen LogP contribution in [0.1, 0.15) is 48.3 Å². The van der Waals surface area contributed by atoms with E-state index in [-0.39, 0.29) is 11.4 Å². The lowest BCUT2D eigenvalue weighted by Gasteiger charge is -2.08. The molecule has 2 rings (SSSR count). The fourth-order valence-corrected chi connectivity index (χ4v) is 2.84. The quantitative estimate of drug-likeness (QED) is 0.835. The summed E-state index contributed by atoms with van der Waals surface area (Å²) in [6, 6.07) is 1.43. The molecule has 1 amide bonds. The lowest BCUT2D eigenvalue weighted by Crippen LogP contribution is -2.33. The van der Waals surface area contributed by atoms with Crippen molar-refractivity contribution in [2.24, 2.45) is 0 Å². The normalized spacial score (nSPS) is 14.9. The van der Waals surface area contributed by atoms with Gasteiger partial charge in [0.1, 0.15) is 11.4 Å². The van der Waals surface area contributed by atoms with Gasteiger partial charge in [-0.2, -0.15) is 5.10 Å². The van der Waals surface area contributed by atoms with Crippen LogP contribution < -0.4 is 9.46 Å². The van der Waals surface area contributed by atoms with Gasteiger partial charge in [-0.25, -0.2) is 13.1 Å². The first-order valence-electron chi connectivity index (χ1n) is 6.43. The molecular formula is C12H17N3O4S. The molecule has 7 nitrogen and oxygen atoms in total. The fourth-order valence-electron chi connectivity index (χ4n) is 1.81. The summed E-state index contributed by atoms with van der Waals surface area (Å²) in [6.45, 7) is 1.72. The molecule has 1 aliphatic rings. The molecular weight excluding hydrogens is 282 g/mol. The molecule has 1 aliphatic carbocycles. The molecule has 1 fully saturated rings. The Balaban J connectivity index is 2.18. The molecule has 8 heteroatoms. The highest BCUT2D eigenvalue weighted by Crippen LogP contribution is 2.42. The molecule has 0 spiro atoms. The zero-order valence-corrected chi connectivity index (χ0v) is 12.2. The Labute approximate surface area is 117 Å². The van der Waals surface area contributed by atoms with Crippen LogP contribution >= 0.6 is 0 Å². The van der Waals surface area contributed by atoms with E-state index in [9.17, 15) is 13.2 Å². The Hall–Kier alpha value is -1.70. The van der Waals surface area contributed by atoms with Crippen LogP contribution in [0, 0.1) is 0 Å². The summed E-state index contributed by atoms with van der Waals surface area (Å²) in [6.07, 6.45) is 2.49. The number of nitrogens with zero attached hydrogens (tertiary/aromatic N) is 2. The molecule has 0 bridgehead atoms. The average molecular weight is 299 g/mol. The maximum absolute atomic E-state index is 11.9. The Kier molecular flexibility index (Phi) is 4.22. The van der Waals surface area contributed by atoms with Crippen molar-refractivity contribution in [1.82, 2.24) is 14.9 Å². The van der Waals surface area contributed by atoms with E-state index in [1.807, 2.05) is 4.72 Å². The lowest BCUT2D eigenvalue weighted by molar-refractivity contribution is 0.0975. The van der Waals surface area contributed by atoms with Crippen LogP contribution in [0.25, 0.3) is 0 Å². The van der Waals surface area contributed by atoms with E-state index in [1.54, 1.807) is 6.92 Å². The predicted octanol–water partition coefficient (Wildman–Crippen LogP) is 0.832. The van der Waals surface area contributed by atoms with Crippen LogP contribution in [-0.2, 0) is 10.0 Å². The van der Waals surface area contributed by atoms with Gasteiger partial charge in [-0.05, 0) is 19.3 Å². The van der Waals surface area contributed by atoms with E-state index in [0.717, 1.165) is 18.5 Å². The Morgan fingerprint density at radius 3 is 2.70 bits per heavy atom. The van der Waals surface area contributed by atoms with Crippen LogP contribution in [0.2, 0.25) is 0 Å². The number of sulfonamides is 1. The molecule has 0 saturated heterocycles. The molecule has 0 aliphatic heterocycles. The number of hydrogen-bond donors (Lipinski definition) is 1. The first-order chi connectivity index (χ1) is 9.46. The number of nitrogens with one attached hydrogen (secondary N) is 1. The van der Waals surface area contributed by atoms with Crippen molar-refractivity contribution in [2.75, 3.05) is 12.9 Å². The molecule has 0 atom stereocenters. The van der Waals surface area contributed by atoms with Crippen molar-refractivity contribution >= 4 is 15.9 Å². The van der Waals surface area contributed by atoms with Gasteiger partial charge in [0.2, 0.25) is 10.0 Å². The summed E-state index contributed by atoms with van der Waals surface area (Å²) < 4.78 is 30.2. The zero-order valence-electron chi connectivity index (χ0n) is 11.4. The number of rotatable bonds is 6.